The summed E-state index contributed by atoms with van der Waals surface area (Å²) in [6.45, 7) is 2.28. The van der Waals surface area contributed by atoms with Gasteiger partial charge in [0.1, 0.15) is 11.5 Å². The van der Waals surface area contributed by atoms with Crippen molar-refractivity contribution in [3.05, 3.63) is 47.5 Å². The van der Waals surface area contributed by atoms with Crippen LogP contribution in [0.5, 0.6) is 23.0 Å². The predicted molar refractivity (Wildman–Crippen MR) is 73.4 cm³/mol. The molecule has 2 aromatic carbocycles. The zero-order valence-corrected chi connectivity index (χ0v) is 11.2. The van der Waals surface area contributed by atoms with Gasteiger partial charge < -0.3 is 14.2 Å². The molecule has 0 unspecified atom stereocenters. The van der Waals surface area contributed by atoms with E-state index in [2.05, 4.69) is 0 Å². The van der Waals surface area contributed by atoms with Gasteiger partial charge in [0.05, 0.1) is 0 Å². The normalized spacial score (nSPS) is 12.5. The molecule has 1 heterocycles. The Morgan fingerprint density at radius 1 is 1.05 bits per heavy atom. The van der Waals surface area contributed by atoms with Gasteiger partial charge in [-0.25, -0.2) is 0 Å². The van der Waals surface area contributed by atoms with E-state index in [0.29, 0.717) is 11.6 Å². The molecule has 0 spiro atoms. The molecule has 0 N–H and O–H groups in total. The largest absolute Gasteiger partial charge is 0.457 e. The minimum atomic E-state index is 0.266. The zero-order chi connectivity index (χ0) is 13.2. The SMILES string of the molecule is Cc1cc(Oc2ccc3c(c2)OCO3)ccc1CCl. The molecule has 0 saturated heterocycles. The van der Waals surface area contributed by atoms with Crippen LogP contribution in [0.3, 0.4) is 0 Å². The average molecular weight is 277 g/mol. The molecule has 19 heavy (non-hydrogen) atoms. The van der Waals surface area contributed by atoms with E-state index in [1.807, 2.05) is 43.3 Å². The quantitative estimate of drug-likeness (QED) is 0.784. The molecule has 3 nitrogen and oxygen atoms in total. The molecule has 2 aromatic rings. The monoisotopic (exact) mass is 276 g/mol. The molecule has 4 heteroatoms. The second kappa shape index (κ2) is 5.02. The van der Waals surface area contributed by atoms with Crippen molar-refractivity contribution in [2.45, 2.75) is 12.8 Å². The van der Waals surface area contributed by atoms with Gasteiger partial charge in [0.15, 0.2) is 11.5 Å². The highest BCUT2D eigenvalue weighted by atomic mass is 35.5. The number of fused-ring (bicyclic) bond motifs is 1. The fourth-order valence-corrected chi connectivity index (χ4v) is 2.26. The summed E-state index contributed by atoms with van der Waals surface area (Å²) in [4.78, 5) is 0. The van der Waals surface area contributed by atoms with Crippen LogP contribution in [0.4, 0.5) is 0 Å². The number of halogens is 1. The van der Waals surface area contributed by atoms with Gasteiger partial charge in [-0.3, -0.25) is 0 Å². The van der Waals surface area contributed by atoms with Gasteiger partial charge in [0, 0.05) is 11.9 Å². The molecular weight excluding hydrogens is 264 g/mol. The summed E-state index contributed by atoms with van der Waals surface area (Å²) >= 11 is 5.84. The maximum atomic E-state index is 5.84. The third-order valence-corrected chi connectivity index (χ3v) is 3.33. The minimum absolute atomic E-state index is 0.266. The average Bonchev–Trinajstić information content (AvgIpc) is 2.86. The van der Waals surface area contributed by atoms with Crippen molar-refractivity contribution in [3.8, 4) is 23.0 Å². The highest BCUT2D eigenvalue weighted by Gasteiger charge is 2.14. The molecular formula is C15H13ClO3. The standard InChI is InChI=1S/C15H13ClO3/c1-10-6-12(3-2-11(10)8-16)19-13-4-5-14-15(7-13)18-9-17-14/h2-7H,8-9H2,1H3. The van der Waals surface area contributed by atoms with Crippen LogP contribution in [-0.2, 0) is 5.88 Å². The summed E-state index contributed by atoms with van der Waals surface area (Å²) in [5.41, 5.74) is 2.23. The molecule has 0 fully saturated rings. The first-order chi connectivity index (χ1) is 9.26. The lowest BCUT2D eigenvalue weighted by molar-refractivity contribution is 0.174. The van der Waals surface area contributed by atoms with Gasteiger partial charge in [0.25, 0.3) is 0 Å². The van der Waals surface area contributed by atoms with Crippen LogP contribution >= 0.6 is 11.6 Å². The van der Waals surface area contributed by atoms with Crippen LogP contribution < -0.4 is 14.2 Å². The topological polar surface area (TPSA) is 27.7 Å². The van der Waals surface area contributed by atoms with Crippen molar-refractivity contribution in [3.63, 3.8) is 0 Å². The van der Waals surface area contributed by atoms with Crippen LogP contribution in [-0.4, -0.2) is 6.79 Å². The Balaban J connectivity index is 1.83. The fourth-order valence-electron chi connectivity index (χ4n) is 1.96. The Morgan fingerprint density at radius 2 is 1.79 bits per heavy atom. The first-order valence-electron chi connectivity index (χ1n) is 5.99. The van der Waals surface area contributed by atoms with E-state index in [0.717, 1.165) is 28.4 Å². The molecule has 1 aliphatic heterocycles. The lowest BCUT2D eigenvalue weighted by atomic mass is 10.1. The highest BCUT2D eigenvalue weighted by molar-refractivity contribution is 6.17. The van der Waals surface area contributed by atoms with Crippen molar-refractivity contribution in [2.24, 2.45) is 0 Å². The summed E-state index contributed by atoms with van der Waals surface area (Å²) in [5, 5.41) is 0. The fraction of sp³-hybridized carbons (Fsp3) is 0.200. The molecule has 0 atom stereocenters. The molecule has 0 aromatic heterocycles. The Labute approximate surface area is 116 Å². The molecule has 1 aliphatic rings. The Kier molecular flexibility index (Phi) is 3.22. The molecule has 0 bridgehead atoms. The smallest absolute Gasteiger partial charge is 0.231 e. The second-order valence-electron chi connectivity index (χ2n) is 4.34. The van der Waals surface area contributed by atoms with Crippen molar-refractivity contribution in [1.82, 2.24) is 0 Å². The van der Waals surface area contributed by atoms with Gasteiger partial charge in [-0.05, 0) is 42.3 Å². The minimum Gasteiger partial charge on any atom is -0.457 e. The van der Waals surface area contributed by atoms with Gasteiger partial charge in [0.2, 0.25) is 6.79 Å². The van der Waals surface area contributed by atoms with E-state index in [4.69, 9.17) is 25.8 Å². The van der Waals surface area contributed by atoms with Gasteiger partial charge in [-0.2, -0.15) is 0 Å². The first kappa shape index (κ1) is 12.2. The predicted octanol–water partition coefficient (Wildman–Crippen LogP) is 4.25. The number of hydrogen-bond donors (Lipinski definition) is 0. The van der Waals surface area contributed by atoms with Crippen molar-refractivity contribution in [2.75, 3.05) is 6.79 Å². The second-order valence-corrected chi connectivity index (χ2v) is 4.61. The zero-order valence-electron chi connectivity index (χ0n) is 10.5. The third-order valence-electron chi connectivity index (χ3n) is 3.04. The summed E-state index contributed by atoms with van der Waals surface area (Å²) in [6, 6.07) is 11.4. The highest BCUT2D eigenvalue weighted by Crippen LogP contribution is 2.36. The Morgan fingerprint density at radius 3 is 2.58 bits per heavy atom. The van der Waals surface area contributed by atoms with Crippen molar-refractivity contribution in [1.29, 1.82) is 0 Å². The van der Waals surface area contributed by atoms with Crippen LogP contribution in [0.1, 0.15) is 11.1 Å². The van der Waals surface area contributed by atoms with Crippen LogP contribution in [0, 0.1) is 6.92 Å². The van der Waals surface area contributed by atoms with E-state index in [9.17, 15) is 0 Å². The maximum absolute atomic E-state index is 5.84. The Bertz CT molecular complexity index is 610. The molecule has 0 aliphatic carbocycles. The van der Waals surface area contributed by atoms with E-state index in [1.54, 1.807) is 0 Å². The van der Waals surface area contributed by atoms with Crippen molar-refractivity contribution >= 4 is 11.6 Å². The maximum Gasteiger partial charge on any atom is 0.231 e. The van der Waals surface area contributed by atoms with E-state index >= 15 is 0 Å². The number of alkyl halides is 1. The molecule has 3 rings (SSSR count). The number of hydrogen-bond acceptors (Lipinski definition) is 3. The summed E-state index contributed by atoms with van der Waals surface area (Å²) in [7, 11) is 0. The molecule has 98 valence electrons. The first-order valence-corrected chi connectivity index (χ1v) is 6.53. The lowest BCUT2D eigenvalue weighted by Crippen LogP contribution is -1.92. The van der Waals surface area contributed by atoms with E-state index in [1.165, 1.54) is 0 Å². The number of benzene rings is 2. The molecule has 0 amide bonds. The summed E-state index contributed by atoms with van der Waals surface area (Å²) in [6.07, 6.45) is 0. The van der Waals surface area contributed by atoms with Gasteiger partial charge >= 0.3 is 0 Å². The number of aryl methyl sites for hydroxylation is 1. The molecule has 0 radical (unpaired) electrons. The molecule has 0 saturated carbocycles. The third kappa shape index (κ3) is 2.47. The van der Waals surface area contributed by atoms with Crippen LogP contribution in [0.25, 0.3) is 0 Å². The van der Waals surface area contributed by atoms with Crippen LogP contribution in [0.2, 0.25) is 0 Å². The Hall–Kier alpha value is -1.87. The van der Waals surface area contributed by atoms with E-state index in [-0.39, 0.29) is 6.79 Å². The van der Waals surface area contributed by atoms with Gasteiger partial charge in [-0.15, -0.1) is 11.6 Å². The lowest BCUT2D eigenvalue weighted by Gasteiger charge is -2.09. The number of rotatable bonds is 3. The van der Waals surface area contributed by atoms with Crippen molar-refractivity contribution < 1.29 is 14.2 Å². The number of ether oxygens (including phenoxy) is 3. The van der Waals surface area contributed by atoms with E-state index < -0.39 is 0 Å². The summed E-state index contributed by atoms with van der Waals surface area (Å²) in [5.74, 6) is 3.48. The van der Waals surface area contributed by atoms with Crippen LogP contribution in [0.15, 0.2) is 36.4 Å². The summed E-state index contributed by atoms with van der Waals surface area (Å²) < 4.78 is 16.4. The van der Waals surface area contributed by atoms with Gasteiger partial charge in [-0.1, -0.05) is 6.07 Å².